The molecule has 1 atom stereocenters. The highest BCUT2D eigenvalue weighted by molar-refractivity contribution is 5.92. The predicted molar refractivity (Wildman–Crippen MR) is 134 cm³/mol. The van der Waals surface area contributed by atoms with Gasteiger partial charge in [0.05, 0.1) is 0 Å². The maximum absolute atomic E-state index is 12.3. The van der Waals surface area contributed by atoms with E-state index in [1.807, 2.05) is 41.3 Å². The first-order chi connectivity index (χ1) is 15.9. The van der Waals surface area contributed by atoms with Crippen molar-refractivity contribution in [3.05, 3.63) is 54.1 Å². The van der Waals surface area contributed by atoms with E-state index in [1.54, 1.807) is 0 Å². The lowest BCUT2D eigenvalue weighted by atomic mass is 9.99. The first-order valence-electron chi connectivity index (χ1n) is 12.0. The number of hydrogen-bond acceptors (Lipinski definition) is 4. The molecule has 2 amide bonds. The quantitative estimate of drug-likeness (QED) is 0.588. The summed E-state index contributed by atoms with van der Waals surface area (Å²) in [6.07, 6.45) is 1.71. The van der Waals surface area contributed by atoms with Crippen molar-refractivity contribution in [3.8, 4) is 5.75 Å². The molecule has 0 aliphatic carbocycles. The van der Waals surface area contributed by atoms with Crippen LogP contribution in [0.5, 0.6) is 5.75 Å². The van der Waals surface area contributed by atoms with Gasteiger partial charge in [0, 0.05) is 44.0 Å². The lowest BCUT2D eigenvalue weighted by Crippen LogP contribution is -2.49. The van der Waals surface area contributed by atoms with E-state index >= 15 is 0 Å². The Hall–Kier alpha value is -3.02. The van der Waals surface area contributed by atoms with Crippen molar-refractivity contribution in [3.63, 3.8) is 0 Å². The molecular formula is C27H37N3O3. The molecule has 1 aliphatic heterocycles. The highest BCUT2D eigenvalue weighted by Gasteiger charge is 2.21. The molecule has 0 saturated carbocycles. The summed E-state index contributed by atoms with van der Waals surface area (Å²) >= 11 is 0. The average molecular weight is 452 g/mol. The maximum atomic E-state index is 12.3. The minimum absolute atomic E-state index is 0.0310. The number of nitrogens with one attached hydrogen (secondary N) is 1. The Kier molecular flexibility index (Phi) is 8.75. The molecule has 6 nitrogen and oxygen atoms in total. The molecule has 0 aromatic heterocycles. The molecule has 2 aromatic carbocycles. The molecule has 3 rings (SSSR count). The summed E-state index contributed by atoms with van der Waals surface area (Å²) in [5.74, 6) is 1.65. The Labute approximate surface area is 197 Å². The Bertz CT molecular complexity index is 901. The van der Waals surface area contributed by atoms with E-state index in [2.05, 4.69) is 50.0 Å². The van der Waals surface area contributed by atoms with E-state index in [0.717, 1.165) is 44.0 Å². The maximum Gasteiger partial charge on any atom is 0.262 e. The minimum Gasteiger partial charge on any atom is -0.484 e. The predicted octanol–water partition coefficient (Wildman–Crippen LogP) is 4.91. The minimum atomic E-state index is -0.189. The normalized spacial score (nSPS) is 14.8. The van der Waals surface area contributed by atoms with Gasteiger partial charge in [-0.2, -0.15) is 0 Å². The molecule has 0 unspecified atom stereocenters. The van der Waals surface area contributed by atoms with Crippen molar-refractivity contribution in [2.24, 2.45) is 5.92 Å². The third-order valence-corrected chi connectivity index (χ3v) is 6.16. The van der Waals surface area contributed by atoms with Crippen LogP contribution in [0.15, 0.2) is 48.5 Å². The van der Waals surface area contributed by atoms with Gasteiger partial charge in [0.1, 0.15) is 5.75 Å². The number of carbonyl (C=O) groups excluding carboxylic acids is 2. The van der Waals surface area contributed by atoms with Gasteiger partial charge in [-0.05, 0) is 60.2 Å². The first-order valence-corrected chi connectivity index (χ1v) is 12.0. The molecule has 1 heterocycles. The van der Waals surface area contributed by atoms with E-state index in [-0.39, 0.29) is 18.4 Å². The second-order valence-electron chi connectivity index (χ2n) is 9.23. The molecule has 1 aliphatic rings. The molecule has 1 fully saturated rings. The van der Waals surface area contributed by atoms with Crippen LogP contribution in [0.1, 0.15) is 52.0 Å². The van der Waals surface area contributed by atoms with Crippen molar-refractivity contribution in [1.29, 1.82) is 0 Å². The second kappa shape index (κ2) is 11.7. The van der Waals surface area contributed by atoms with Crippen LogP contribution in [0.3, 0.4) is 0 Å². The van der Waals surface area contributed by atoms with Gasteiger partial charge in [-0.25, -0.2) is 0 Å². The zero-order valence-corrected chi connectivity index (χ0v) is 20.3. The molecule has 33 heavy (non-hydrogen) atoms. The Balaban J connectivity index is 1.44. The van der Waals surface area contributed by atoms with Crippen molar-refractivity contribution in [2.45, 2.75) is 46.5 Å². The summed E-state index contributed by atoms with van der Waals surface area (Å²) in [4.78, 5) is 28.8. The summed E-state index contributed by atoms with van der Waals surface area (Å²) in [5.41, 5.74) is 3.12. The molecule has 1 saturated heterocycles. The van der Waals surface area contributed by atoms with Crippen LogP contribution in [0.2, 0.25) is 0 Å². The monoisotopic (exact) mass is 451 g/mol. The summed E-state index contributed by atoms with van der Waals surface area (Å²) in [7, 11) is 0. The second-order valence-corrected chi connectivity index (χ2v) is 9.23. The zero-order valence-electron chi connectivity index (χ0n) is 20.3. The number of carbonyl (C=O) groups is 2. The average Bonchev–Trinajstić information content (AvgIpc) is 2.83. The molecule has 2 aromatic rings. The molecule has 0 spiro atoms. The first kappa shape index (κ1) is 24.6. The van der Waals surface area contributed by atoms with Gasteiger partial charge < -0.3 is 19.9 Å². The van der Waals surface area contributed by atoms with E-state index in [0.29, 0.717) is 24.0 Å². The number of amides is 2. The van der Waals surface area contributed by atoms with Gasteiger partial charge in [0.15, 0.2) is 6.61 Å². The lowest BCUT2D eigenvalue weighted by Gasteiger charge is -2.36. The number of ether oxygens (including phenoxy) is 1. The van der Waals surface area contributed by atoms with Crippen LogP contribution in [0.25, 0.3) is 0 Å². The lowest BCUT2D eigenvalue weighted by molar-refractivity contribution is -0.132. The van der Waals surface area contributed by atoms with Crippen LogP contribution in [0, 0.1) is 5.92 Å². The van der Waals surface area contributed by atoms with E-state index in [4.69, 9.17) is 4.74 Å². The molecule has 0 bridgehead atoms. The van der Waals surface area contributed by atoms with Crippen molar-refractivity contribution < 1.29 is 14.3 Å². The number of nitrogens with zero attached hydrogens (tertiary/aromatic N) is 2. The van der Waals surface area contributed by atoms with Crippen LogP contribution < -0.4 is 15.0 Å². The largest absolute Gasteiger partial charge is 0.484 e. The number of rotatable bonds is 9. The Morgan fingerprint density at radius 3 is 2.15 bits per heavy atom. The zero-order chi connectivity index (χ0) is 23.8. The van der Waals surface area contributed by atoms with Crippen molar-refractivity contribution >= 4 is 23.2 Å². The third kappa shape index (κ3) is 7.24. The SMILES string of the molecule is CC[C@H](C)c1ccc(OCC(=O)Nc2ccc(N3CCN(C(=O)CC(C)C)CC3)cc2)cc1. The molecular weight excluding hydrogens is 414 g/mol. The topological polar surface area (TPSA) is 61.9 Å². The fraction of sp³-hybridized carbons (Fsp3) is 0.481. The van der Waals surface area contributed by atoms with Gasteiger partial charge in [-0.15, -0.1) is 0 Å². The number of anilines is 2. The van der Waals surface area contributed by atoms with Gasteiger partial charge in [0.25, 0.3) is 5.91 Å². The highest BCUT2D eigenvalue weighted by Crippen LogP contribution is 2.22. The Morgan fingerprint density at radius 2 is 1.58 bits per heavy atom. The molecule has 178 valence electrons. The standard InChI is InChI=1S/C27H37N3O3/c1-5-21(4)22-6-12-25(13-7-22)33-19-26(31)28-23-8-10-24(11-9-23)29-14-16-30(17-15-29)27(32)18-20(2)3/h6-13,20-21H,5,14-19H2,1-4H3,(H,28,31)/t21-/m0/s1. The summed E-state index contributed by atoms with van der Waals surface area (Å²) in [6.45, 7) is 11.6. The van der Waals surface area contributed by atoms with E-state index in [1.165, 1.54) is 5.56 Å². The molecule has 6 heteroatoms. The van der Waals surface area contributed by atoms with E-state index in [9.17, 15) is 9.59 Å². The van der Waals surface area contributed by atoms with Crippen LogP contribution in [-0.2, 0) is 9.59 Å². The summed E-state index contributed by atoms with van der Waals surface area (Å²) < 4.78 is 5.63. The molecule has 0 radical (unpaired) electrons. The summed E-state index contributed by atoms with van der Waals surface area (Å²) in [6, 6.07) is 15.8. The number of piperazine rings is 1. The number of hydrogen-bond donors (Lipinski definition) is 1. The fourth-order valence-corrected chi connectivity index (χ4v) is 3.92. The van der Waals surface area contributed by atoms with E-state index < -0.39 is 0 Å². The van der Waals surface area contributed by atoms with Crippen LogP contribution in [-0.4, -0.2) is 49.5 Å². The molecule has 1 N–H and O–H groups in total. The van der Waals surface area contributed by atoms with Gasteiger partial charge >= 0.3 is 0 Å². The van der Waals surface area contributed by atoms with Crippen molar-refractivity contribution in [2.75, 3.05) is 43.0 Å². The summed E-state index contributed by atoms with van der Waals surface area (Å²) in [5, 5.41) is 2.89. The van der Waals surface area contributed by atoms with Gasteiger partial charge in [-0.1, -0.05) is 39.8 Å². The van der Waals surface area contributed by atoms with Crippen molar-refractivity contribution in [1.82, 2.24) is 4.90 Å². The fourth-order valence-electron chi connectivity index (χ4n) is 3.92. The number of benzene rings is 2. The van der Waals surface area contributed by atoms with Crippen LogP contribution in [0.4, 0.5) is 11.4 Å². The Morgan fingerprint density at radius 1 is 0.939 bits per heavy atom. The third-order valence-electron chi connectivity index (χ3n) is 6.16. The smallest absolute Gasteiger partial charge is 0.262 e. The van der Waals surface area contributed by atoms with Crippen LogP contribution >= 0.6 is 0 Å². The van der Waals surface area contributed by atoms with Gasteiger partial charge in [0.2, 0.25) is 5.91 Å². The van der Waals surface area contributed by atoms with Gasteiger partial charge in [-0.3, -0.25) is 9.59 Å². The highest BCUT2D eigenvalue weighted by atomic mass is 16.5.